The molecule has 1 atom stereocenters. The first kappa shape index (κ1) is 22.9. The predicted octanol–water partition coefficient (Wildman–Crippen LogP) is 4.98. The van der Waals surface area contributed by atoms with Crippen LogP contribution in [-0.4, -0.2) is 39.4 Å². The highest BCUT2D eigenvalue weighted by atomic mass is 79.9. The first-order chi connectivity index (χ1) is 14.5. The highest BCUT2D eigenvalue weighted by molar-refractivity contribution is 9.10. The van der Waals surface area contributed by atoms with E-state index < -0.39 is 35.8 Å². The Labute approximate surface area is 186 Å². The van der Waals surface area contributed by atoms with Gasteiger partial charge in [-0.25, -0.2) is 19.3 Å². The van der Waals surface area contributed by atoms with Crippen molar-refractivity contribution in [2.24, 2.45) is 0 Å². The molecule has 0 aliphatic carbocycles. The van der Waals surface area contributed by atoms with Gasteiger partial charge in [0.2, 0.25) is 5.91 Å². The van der Waals surface area contributed by atoms with E-state index in [0.29, 0.717) is 27.1 Å². The second-order valence-corrected chi connectivity index (χ2v) is 8.11. The molecule has 0 aliphatic heterocycles. The van der Waals surface area contributed by atoms with Gasteiger partial charge in [0.15, 0.2) is 0 Å². The summed E-state index contributed by atoms with van der Waals surface area (Å²) in [5.41, 5.74) is -0.110. The van der Waals surface area contributed by atoms with Crippen molar-refractivity contribution in [2.45, 2.75) is 32.7 Å². The zero-order valence-electron chi connectivity index (χ0n) is 17.4. The van der Waals surface area contributed by atoms with Crippen LogP contribution in [0.25, 0.3) is 10.9 Å². The van der Waals surface area contributed by atoms with E-state index in [1.165, 1.54) is 26.1 Å². The lowest BCUT2D eigenvalue weighted by atomic mass is 9.99. The molecule has 0 unspecified atom stereocenters. The number of aromatic nitrogens is 3. The molecule has 2 heterocycles. The second-order valence-electron chi connectivity index (χ2n) is 7.30. The number of carbonyl (C=O) groups excluding carboxylic acids is 1. The number of fused-ring (bicyclic) bond motifs is 1. The summed E-state index contributed by atoms with van der Waals surface area (Å²) in [6.45, 7) is 3.63. The molecule has 0 saturated carbocycles. The van der Waals surface area contributed by atoms with Gasteiger partial charge in [-0.2, -0.15) is 8.78 Å². The monoisotopic (exact) mass is 495 g/mol. The molecule has 10 heteroatoms. The van der Waals surface area contributed by atoms with Crippen molar-refractivity contribution in [1.29, 1.82) is 0 Å². The SMILES string of the molecule is CC(=O)N(C)CC(F)(F)c1cccc([C@@H](C)Nc2nc(C)nc3cnc(Br)cc23)c1F. The first-order valence-corrected chi connectivity index (χ1v) is 10.2. The van der Waals surface area contributed by atoms with E-state index in [0.717, 1.165) is 11.0 Å². The molecule has 3 rings (SSSR count). The van der Waals surface area contributed by atoms with Gasteiger partial charge in [-0.05, 0) is 41.9 Å². The largest absolute Gasteiger partial charge is 0.363 e. The standard InChI is InChI=1S/C21H21BrF3N5O/c1-11(27-20-15-8-18(22)26-9-17(15)28-12(2)29-20)14-6-5-7-16(19(14)23)21(24,25)10-30(4)13(3)31/h5-9,11H,10H2,1-4H3,(H,27,28,29)/t11-/m1/s1. The van der Waals surface area contributed by atoms with Crippen LogP contribution >= 0.6 is 15.9 Å². The number of pyridine rings is 1. The van der Waals surface area contributed by atoms with Gasteiger partial charge in [0.25, 0.3) is 5.92 Å². The molecule has 0 fully saturated rings. The molecule has 0 saturated heterocycles. The zero-order valence-corrected chi connectivity index (χ0v) is 19.0. The number of anilines is 1. The van der Waals surface area contributed by atoms with E-state index in [9.17, 15) is 13.6 Å². The fraction of sp³-hybridized carbons (Fsp3) is 0.333. The summed E-state index contributed by atoms with van der Waals surface area (Å²) < 4.78 is 45.2. The van der Waals surface area contributed by atoms with Crippen molar-refractivity contribution in [3.63, 3.8) is 0 Å². The third kappa shape index (κ3) is 4.95. The Balaban J connectivity index is 1.96. The van der Waals surface area contributed by atoms with Gasteiger partial charge in [-0.1, -0.05) is 12.1 Å². The molecule has 1 amide bonds. The maximum absolute atomic E-state index is 15.2. The number of benzene rings is 1. The Morgan fingerprint density at radius 3 is 2.71 bits per heavy atom. The van der Waals surface area contributed by atoms with Gasteiger partial charge in [0, 0.05) is 24.9 Å². The van der Waals surface area contributed by atoms with Gasteiger partial charge in [-0.3, -0.25) is 4.79 Å². The van der Waals surface area contributed by atoms with Crippen molar-refractivity contribution in [3.8, 4) is 0 Å². The third-order valence-corrected chi connectivity index (χ3v) is 5.31. The lowest BCUT2D eigenvalue weighted by Crippen LogP contribution is -2.36. The average molecular weight is 496 g/mol. The fourth-order valence-corrected chi connectivity index (χ4v) is 3.51. The summed E-state index contributed by atoms with van der Waals surface area (Å²) in [5.74, 6) is -4.18. The maximum Gasteiger partial charge on any atom is 0.293 e. The number of hydrogen-bond donors (Lipinski definition) is 1. The summed E-state index contributed by atoms with van der Waals surface area (Å²) in [6.07, 6.45) is 1.58. The number of aryl methyl sites for hydroxylation is 1. The normalized spacial score (nSPS) is 12.6. The Morgan fingerprint density at radius 1 is 1.32 bits per heavy atom. The van der Waals surface area contributed by atoms with E-state index >= 15 is 4.39 Å². The van der Waals surface area contributed by atoms with E-state index in [4.69, 9.17) is 0 Å². The van der Waals surface area contributed by atoms with Gasteiger partial charge in [-0.15, -0.1) is 0 Å². The molecule has 1 aromatic carbocycles. The zero-order chi connectivity index (χ0) is 22.9. The van der Waals surface area contributed by atoms with Crippen LogP contribution < -0.4 is 5.32 Å². The van der Waals surface area contributed by atoms with Gasteiger partial charge in [0.05, 0.1) is 29.9 Å². The van der Waals surface area contributed by atoms with Crippen LogP contribution in [0.3, 0.4) is 0 Å². The number of carbonyl (C=O) groups is 1. The molecule has 1 N–H and O–H groups in total. The second kappa shape index (κ2) is 8.78. The van der Waals surface area contributed by atoms with Crippen LogP contribution in [0.1, 0.15) is 36.8 Å². The average Bonchev–Trinajstić information content (AvgIpc) is 2.68. The minimum atomic E-state index is -3.55. The molecule has 0 bridgehead atoms. The van der Waals surface area contributed by atoms with Crippen molar-refractivity contribution in [2.75, 3.05) is 18.9 Å². The Hall–Kier alpha value is -2.75. The summed E-state index contributed by atoms with van der Waals surface area (Å²) in [7, 11) is 1.25. The number of amides is 1. The maximum atomic E-state index is 15.2. The lowest BCUT2D eigenvalue weighted by molar-refractivity contribution is -0.133. The highest BCUT2D eigenvalue weighted by Crippen LogP contribution is 2.35. The van der Waals surface area contributed by atoms with Gasteiger partial charge < -0.3 is 10.2 Å². The third-order valence-electron chi connectivity index (χ3n) is 4.88. The van der Waals surface area contributed by atoms with Crippen molar-refractivity contribution in [1.82, 2.24) is 19.9 Å². The molecule has 0 spiro atoms. The summed E-state index contributed by atoms with van der Waals surface area (Å²) in [5, 5.41) is 3.76. The smallest absolute Gasteiger partial charge is 0.293 e. The number of hydrogen-bond acceptors (Lipinski definition) is 5. The van der Waals surface area contributed by atoms with Gasteiger partial charge in [0.1, 0.15) is 22.1 Å². The van der Waals surface area contributed by atoms with Gasteiger partial charge >= 0.3 is 0 Å². The number of likely N-dealkylation sites (N-methyl/N-ethyl adjacent to an activating group) is 1. The van der Waals surface area contributed by atoms with Crippen LogP contribution in [0.2, 0.25) is 0 Å². The Morgan fingerprint density at radius 2 is 2.03 bits per heavy atom. The molecular formula is C21H21BrF3N5O. The Bertz CT molecular complexity index is 1140. The van der Waals surface area contributed by atoms with Crippen LogP contribution in [0.15, 0.2) is 35.1 Å². The first-order valence-electron chi connectivity index (χ1n) is 9.44. The molecule has 164 valence electrons. The van der Waals surface area contributed by atoms with Crippen LogP contribution in [0.5, 0.6) is 0 Å². The van der Waals surface area contributed by atoms with Crippen LogP contribution in [-0.2, 0) is 10.7 Å². The Kier molecular flexibility index (Phi) is 6.49. The van der Waals surface area contributed by atoms with E-state index in [1.807, 2.05) is 0 Å². The summed E-state index contributed by atoms with van der Waals surface area (Å²) in [4.78, 5) is 25.0. The van der Waals surface area contributed by atoms with Crippen LogP contribution in [0, 0.1) is 12.7 Å². The number of alkyl halides is 2. The fourth-order valence-electron chi connectivity index (χ4n) is 3.18. The molecule has 6 nitrogen and oxygen atoms in total. The van der Waals surface area contributed by atoms with E-state index in [-0.39, 0.29) is 5.56 Å². The molecule has 3 aromatic rings. The molecule has 2 aromatic heterocycles. The molecule has 0 aliphatic rings. The van der Waals surface area contributed by atoms with Crippen molar-refractivity contribution >= 4 is 38.6 Å². The lowest BCUT2D eigenvalue weighted by Gasteiger charge is -2.25. The molecule has 31 heavy (non-hydrogen) atoms. The number of rotatable bonds is 6. The van der Waals surface area contributed by atoms with E-state index in [1.54, 1.807) is 26.1 Å². The molecular weight excluding hydrogens is 475 g/mol. The predicted molar refractivity (Wildman–Crippen MR) is 115 cm³/mol. The van der Waals surface area contributed by atoms with E-state index in [2.05, 4.69) is 36.2 Å². The minimum Gasteiger partial charge on any atom is -0.363 e. The topological polar surface area (TPSA) is 71.0 Å². The van der Waals surface area contributed by atoms with Crippen molar-refractivity contribution in [3.05, 3.63) is 57.8 Å². The quantitative estimate of drug-likeness (QED) is 0.488. The number of nitrogens with one attached hydrogen (secondary N) is 1. The van der Waals surface area contributed by atoms with Crippen LogP contribution in [0.4, 0.5) is 19.0 Å². The highest BCUT2D eigenvalue weighted by Gasteiger charge is 2.37. The number of nitrogens with zero attached hydrogens (tertiary/aromatic N) is 4. The summed E-state index contributed by atoms with van der Waals surface area (Å²) >= 11 is 3.30. The minimum absolute atomic E-state index is 0.0557. The summed E-state index contributed by atoms with van der Waals surface area (Å²) in [6, 6.07) is 4.90. The molecule has 0 radical (unpaired) electrons. The number of halogens is 4. The van der Waals surface area contributed by atoms with Crippen molar-refractivity contribution < 1.29 is 18.0 Å².